The number of ether oxygens (including phenoxy) is 2. The predicted molar refractivity (Wildman–Crippen MR) is 97.2 cm³/mol. The van der Waals surface area contributed by atoms with Crippen LogP contribution in [0.5, 0.6) is 5.75 Å². The van der Waals surface area contributed by atoms with Crippen molar-refractivity contribution in [2.45, 2.75) is 26.2 Å². The first-order valence-corrected chi connectivity index (χ1v) is 8.36. The fourth-order valence-electron chi connectivity index (χ4n) is 2.24. The minimum Gasteiger partial charge on any atom is -0.497 e. The second-order valence-electron chi connectivity index (χ2n) is 5.60. The van der Waals surface area contributed by atoms with Crippen molar-refractivity contribution in [3.8, 4) is 5.75 Å². The van der Waals surface area contributed by atoms with Crippen LogP contribution in [0.1, 0.15) is 46.9 Å². The van der Waals surface area contributed by atoms with Gasteiger partial charge >= 0.3 is 5.97 Å². The molecule has 0 aromatic heterocycles. The van der Waals surface area contributed by atoms with E-state index in [1.165, 1.54) is 0 Å². The Morgan fingerprint density at radius 1 is 0.920 bits per heavy atom. The lowest BCUT2D eigenvalue weighted by Gasteiger charge is -2.08. The van der Waals surface area contributed by atoms with Crippen LogP contribution in [0.4, 0.5) is 5.69 Å². The molecule has 5 heteroatoms. The van der Waals surface area contributed by atoms with E-state index in [4.69, 9.17) is 9.47 Å². The summed E-state index contributed by atoms with van der Waals surface area (Å²) in [4.78, 5) is 24.1. The highest BCUT2D eigenvalue weighted by molar-refractivity contribution is 6.04. The van der Waals surface area contributed by atoms with Gasteiger partial charge in [-0.15, -0.1) is 0 Å². The second-order valence-corrected chi connectivity index (χ2v) is 5.60. The lowest BCUT2D eigenvalue weighted by atomic mass is 10.1. The van der Waals surface area contributed by atoms with Crippen LogP contribution in [-0.2, 0) is 4.74 Å². The molecular weight excluding hydrogens is 318 g/mol. The van der Waals surface area contributed by atoms with E-state index in [1.807, 2.05) is 0 Å². The van der Waals surface area contributed by atoms with Crippen LogP contribution in [0.2, 0.25) is 0 Å². The molecule has 2 aromatic carbocycles. The molecule has 132 valence electrons. The van der Waals surface area contributed by atoms with Crippen LogP contribution >= 0.6 is 0 Å². The molecule has 0 bridgehead atoms. The summed E-state index contributed by atoms with van der Waals surface area (Å²) in [7, 11) is 1.57. The monoisotopic (exact) mass is 341 g/mol. The van der Waals surface area contributed by atoms with Gasteiger partial charge in [-0.1, -0.05) is 19.8 Å². The number of amides is 1. The molecule has 5 nitrogen and oxygen atoms in total. The lowest BCUT2D eigenvalue weighted by Crippen LogP contribution is -2.12. The third-order valence-electron chi connectivity index (χ3n) is 3.71. The van der Waals surface area contributed by atoms with Crippen LogP contribution in [0.25, 0.3) is 0 Å². The Hall–Kier alpha value is -2.82. The minimum absolute atomic E-state index is 0.224. The van der Waals surface area contributed by atoms with E-state index >= 15 is 0 Å². The van der Waals surface area contributed by atoms with Crippen molar-refractivity contribution in [2.24, 2.45) is 0 Å². The summed E-state index contributed by atoms with van der Waals surface area (Å²) in [5.74, 6) is 0.125. The number of hydrogen-bond donors (Lipinski definition) is 1. The van der Waals surface area contributed by atoms with Crippen molar-refractivity contribution < 1.29 is 19.1 Å². The van der Waals surface area contributed by atoms with Crippen molar-refractivity contribution in [1.82, 2.24) is 0 Å². The summed E-state index contributed by atoms with van der Waals surface area (Å²) in [5.41, 5.74) is 1.61. The zero-order chi connectivity index (χ0) is 18.1. The fourth-order valence-corrected chi connectivity index (χ4v) is 2.24. The standard InChI is InChI=1S/C20H23NO4/c1-3-4-5-14-25-20(23)16-6-10-17(11-7-16)21-19(22)15-8-12-18(24-2)13-9-15/h6-13H,3-5,14H2,1-2H3,(H,21,22). The molecule has 25 heavy (non-hydrogen) atoms. The number of benzene rings is 2. The van der Waals surface area contributed by atoms with Gasteiger partial charge in [0.15, 0.2) is 0 Å². The number of carbonyl (C=O) groups excluding carboxylic acids is 2. The van der Waals surface area contributed by atoms with E-state index in [9.17, 15) is 9.59 Å². The molecule has 0 fully saturated rings. The van der Waals surface area contributed by atoms with E-state index in [0.29, 0.717) is 29.2 Å². The van der Waals surface area contributed by atoms with Gasteiger partial charge in [-0.2, -0.15) is 0 Å². The van der Waals surface area contributed by atoms with Crippen LogP contribution < -0.4 is 10.1 Å². The summed E-state index contributed by atoms with van der Waals surface area (Å²) in [6.45, 7) is 2.53. The molecule has 2 aromatic rings. The molecular formula is C20H23NO4. The van der Waals surface area contributed by atoms with Gasteiger partial charge < -0.3 is 14.8 Å². The Balaban J connectivity index is 1.90. The first kappa shape index (κ1) is 18.5. The van der Waals surface area contributed by atoms with Crippen molar-refractivity contribution in [1.29, 1.82) is 0 Å². The number of carbonyl (C=O) groups is 2. The highest BCUT2D eigenvalue weighted by atomic mass is 16.5. The molecule has 1 N–H and O–H groups in total. The Labute approximate surface area is 148 Å². The summed E-state index contributed by atoms with van der Waals surface area (Å²) >= 11 is 0. The molecule has 0 heterocycles. The molecule has 0 spiro atoms. The van der Waals surface area contributed by atoms with E-state index < -0.39 is 0 Å². The summed E-state index contributed by atoms with van der Waals surface area (Å²) in [5, 5.41) is 2.79. The van der Waals surface area contributed by atoms with Gasteiger partial charge in [-0.25, -0.2) is 4.79 Å². The highest BCUT2D eigenvalue weighted by Gasteiger charge is 2.09. The zero-order valence-corrected chi connectivity index (χ0v) is 14.6. The molecule has 1 amide bonds. The lowest BCUT2D eigenvalue weighted by molar-refractivity contribution is 0.0498. The largest absolute Gasteiger partial charge is 0.497 e. The summed E-state index contributed by atoms with van der Waals surface area (Å²) < 4.78 is 10.3. The highest BCUT2D eigenvalue weighted by Crippen LogP contribution is 2.15. The first-order valence-electron chi connectivity index (χ1n) is 8.36. The number of methoxy groups -OCH3 is 1. The molecule has 0 unspecified atom stereocenters. The summed E-state index contributed by atoms with van der Waals surface area (Å²) in [6, 6.07) is 13.5. The third kappa shape index (κ3) is 5.64. The molecule has 0 aliphatic rings. The maximum atomic E-state index is 12.2. The van der Waals surface area contributed by atoms with Gasteiger partial charge in [0.1, 0.15) is 5.75 Å². The van der Waals surface area contributed by atoms with E-state index in [0.717, 1.165) is 19.3 Å². The maximum absolute atomic E-state index is 12.2. The van der Waals surface area contributed by atoms with Crippen LogP contribution in [-0.4, -0.2) is 25.6 Å². The molecule has 0 saturated carbocycles. The molecule has 0 aliphatic heterocycles. The smallest absolute Gasteiger partial charge is 0.338 e. The average molecular weight is 341 g/mol. The predicted octanol–water partition coefficient (Wildman–Crippen LogP) is 4.29. The Bertz CT molecular complexity index is 693. The van der Waals surface area contributed by atoms with Crippen LogP contribution in [0.15, 0.2) is 48.5 Å². The van der Waals surface area contributed by atoms with Gasteiger partial charge in [0.25, 0.3) is 5.91 Å². The van der Waals surface area contributed by atoms with Crippen molar-refractivity contribution in [3.63, 3.8) is 0 Å². The van der Waals surface area contributed by atoms with Gasteiger partial charge in [-0.3, -0.25) is 4.79 Å². The Morgan fingerprint density at radius 2 is 1.56 bits per heavy atom. The number of esters is 1. The van der Waals surface area contributed by atoms with Crippen molar-refractivity contribution in [2.75, 3.05) is 19.0 Å². The van der Waals surface area contributed by atoms with Gasteiger partial charge in [0, 0.05) is 11.3 Å². The molecule has 0 aliphatic carbocycles. The normalized spacial score (nSPS) is 10.2. The van der Waals surface area contributed by atoms with E-state index in [2.05, 4.69) is 12.2 Å². The van der Waals surface area contributed by atoms with E-state index in [1.54, 1.807) is 55.6 Å². The second kappa shape index (κ2) is 9.47. The number of hydrogen-bond acceptors (Lipinski definition) is 4. The van der Waals surface area contributed by atoms with E-state index in [-0.39, 0.29) is 11.9 Å². The van der Waals surface area contributed by atoms with Crippen molar-refractivity contribution in [3.05, 3.63) is 59.7 Å². The zero-order valence-electron chi connectivity index (χ0n) is 14.6. The van der Waals surface area contributed by atoms with Gasteiger partial charge in [0.2, 0.25) is 0 Å². The quantitative estimate of drug-likeness (QED) is 0.574. The Kier molecular flexibility index (Phi) is 7.01. The molecule has 0 saturated heterocycles. The number of rotatable bonds is 8. The molecule has 2 rings (SSSR count). The summed E-state index contributed by atoms with van der Waals surface area (Å²) in [6.07, 6.45) is 3.00. The maximum Gasteiger partial charge on any atom is 0.338 e. The Morgan fingerprint density at radius 3 is 2.16 bits per heavy atom. The fraction of sp³-hybridized carbons (Fsp3) is 0.300. The number of unbranched alkanes of at least 4 members (excludes halogenated alkanes) is 2. The molecule has 0 atom stereocenters. The SMILES string of the molecule is CCCCCOC(=O)c1ccc(NC(=O)c2ccc(OC)cc2)cc1. The van der Waals surface area contributed by atoms with Crippen LogP contribution in [0.3, 0.4) is 0 Å². The average Bonchev–Trinajstić information content (AvgIpc) is 2.65. The van der Waals surface area contributed by atoms with Crippen molar-refractivity contribution >= 4 is 17.6 Å². The minimum atomic E-state index is -0.343. The third-order valence-corrected chi connectivity index (χ3v) is 3.71. The molecule has 0 radical (unpaired) electrons. The number of anilines is 1. The first-order chi connectivity index (χ1) is 12.1. The topological polar surface area (TPSA) is 64.6 Å². The van der Waals surface area contributed by atoms with Gasteiger partial charge in [0.05, 0.1) is 19.3 Å². The number of nitrogens with one attached hydrogen (secondary N) is 1. The van der Waals surface area contributed by atoms with Gasteiger partial charge in [-0.05, 0) is 55.0 Å². The van der Waals surface area contributed by atoms with Crippen LogP contribution in [0, 0.1) is 0 Å².